The van der Waals surface area contributed by atoms with E-state index in [1.165, 1.54) is 4.31 Å². The Bertz CT molecular complexity index is 497. The highest BCUT2D eigenvalue weighted by Gasteiger charge is 2.24. The normalized spacial score (nSPS) is 15.7. The third-order valence-corrected chi connectivity index (χ3v) is 5.26. The first-order chi connectivity index (χ1) is 8.32. The van der Waals surface area contributed by atoms with Crippen molar-refractivity contribution in [3.63, 3.8) is 0 Å². The van der Waals surface area contributed by atoms with E-state index in [4.69, 9.17) is 0 Å². The van der Waals surface area contributed by atoms with Gasteiger partial charge in [0.05, 0.1) is 4.90 Å². The van der Waals surface area contributed by atoms with Gasteiger partial charge in [-0.25, -0.2) is 12.7 Å². The van der Waals surface area contributed by atoms with E-state index in [9.17, 15) is 8.42 Å². The van der Waals surface area contributed by atoms with Gasteiger partial charge in [-0.2, -0.15) is 0 Å². The van der Waals surface area contributed by atoms with Crippen LogP contribution in [-0.2, 0) is 10.0 Å². The fourth-order valence-electron chi connectivity index (χ4n) is 1.81. The zero-order chi connectivity index (χ0) is 13.9. The number of rotatable bonds is 5. The Morgan fingerprint density at radius 1 is 1.17 bits per heavy atom. The molecule has 4 nitrogen and oxygen atoms in total. The summed E-state index contributed by atoms with van der Waals surface area (Å²) in [6, 6.07) is 7.40. The number of nitrogens with zero attached hydrogens (tertiary/aromatic N) is 1. The van der Waals surface area contributed by atoms with E-state index in [0.717, 1.165) is 5.56 Å². The number of hydrogen-bond donors (Lipinski definition) is 1. The van der Waals surface area contributed by atoms with Gasteiger partial charge in [0.15, 0.2) is 0 Å². The van der Waals surface area contributed by atoms with Crippen LogP contribution in [0.3, 0.4) is 0 Å². The minimum atomic E-state index is -3.39. The molecule has 0 saturated heterocycles. The molecular formula is C13H22N2O2S. The summed E-state index contributed by atoms with van der Waals surface area (Å²) in [5, 5.41) is 3.16. The summed E-state index contributed by atoms with van der Waals surface area (Å²) < 4.78 is 25.8. The molecule has 1 N–H and O–H groups in total. The summed E-state index contributed by atoms with van der Waals surface area (Å²) in [7, 11) is 1.60. The largest absolute Gasteiger partial charge is 0.317 e. The highest BCUT2D eigenvalue weighted by Crippen LogP contribution is 2.27. The van der Waals surface area contributed by atoms with Gasteiger partial charge in [-0.1, -0.05) is 25.1 Å². The maximum Gasteiger partial charge on any atom is 0.242 e. The van der Waals surface area contributed by atoms with Gasteiger partial charge in [0.1, 0.15) is 0 Å². The smallest absolute Gasteiger partial charge is 0.242 e. The van der Waals surface area contributed by atoms with Crippen molar-refractivity contribution in [1.82, 2.24) is 9.62 Å². The summed E-state index contributed by atoms with van der Waals surface area (Å²) in [6.45, 7) is 4.08. The average Bonchev–Trinajstić information content (AvgIpc) is 2.36. The average molecular weight is 270 g/mol. The maximum atomic E-state index is 12.3. The van der Waals surface area contributed by atoms with E-state index in [1.54, 1.807) is 26.2 Å². The Labute approximate surface area is 110 Å². The number of sulfonamides is 1. The number of likely N-dealkylation sites (N-methyl/N-ethyl adjacent to an activating group) is 1. The van der Waals surface area contributed by atoms with Gasteiger partial charge in [-0.05, 0) is 31.5 Å². The van der Waals surface area contributed by atoms with Gasteiger partial charge in [-0.3, -0.25) is 0 Å². The second-order valence-corrected chi connectivity index (χ2v) is 6.81. The van der Waals surface area contributed by atoms with Crippen LogP contribution in [0.2, 0.25) is 0 Å². The van der Waals surface area contributed by atoms with Crippen molar-refractivity contribution in [2.24, 2.45) is 0 Å². The molecule has 0 saturated carbocycles. The van der Waals surface area contributed by atoms with E-state index in [2.05, 4.69) is 5.32 Å². The predicted molar refractivity (Wildman–Crippen MR) is 74.3 cm³/mol. The van der Waals surface area contributed by atoms with Crippen molar-refractivity contribution in [3.05, 3.63) is 29.8 Å². The molecule has 0 aliphatic heterocycles. The van der Waals surface area contributed by atoms with Crippen molar-refractivity contribution in [2.75, 3.05) is 21.1 Å². The van der Waals surface area contributed by atoms with Crippen LogP contribution >= 0.6 is 0 Å². The van der Waals surface area contributed by atoms with Gasteiger partial charge < -0.3 is 5.32 Å². The van der Waals surface area contributed by atoms with E-state index in [-0.39, 0.29) is 12.0 Å². The molecular weight excluding hydrogens is 248 g/mol. The molecule has 1 rings (SSSR count). The molecule has 0 aromatic heterocycles. The molecule has 0 aliphatic rings. The standard InChI is InChI=1S/C13H22N2O2S/c1-10(11(2)14-3)12-8-6-7-9-13(12)18(16,17)15(4)5/h6-11,14H,1-5H3. The Morgan fingerprint density at radius 3 is 2.22 bits per heavy atom. The van der Waals surface area contributed by atoms with Crippen LogP contribution in [0.4, 0.5) is 0 Å². The van der Waals surface area contributed by atoms with Crippen LogP contribution < -0.4 is 5.32 Å². The van der Waals surface area contributed by atoms with Crippen molar-refractivity contribution in [3.8, 4) is 0 Å². The Hall–Kier alpha value is -0.910. The quantitative estimate of drug-likeness (QED) is 0.885. The molecule has 0 radical (unpaired) electrons. The van der Waals surface area contributed by atoms with E-state index >= 15 is 0 Å². The minimum absolute atomic E-state index is 0.126. The first-order valence-corrected chi connectivity index (χ1v) is 7.45. The lowest BCUT2D eigenvalue weighted by Gasteiger charge is -2.23. The van der Waals surface area contributed by atoms with Crippen molar-refractivity contribution >= 4 is 10.0 Å². The fraction of sp³-hybridized carbons (Fsp3) is 0.538. The summed E-state index contributed by atoms with van der Waals surface area (Å²) >= 11 is 0. The Balaban J connectivity index is 3.32. The second-order valence-electron chi connectivity index (χ2n) is 4.69. The third-order valence-electron chi connectivity index (χ3n) is 3.37. The molecule has 0 spiro atoms. The molecule has 2 unspecified atom stereocenters. The molecule has 1 aromatic rings. The van der Waals surface area contributed by atoms with Crippen molar-refractivity contribution < 1.29 is 8.42 Å². The first-order valence-electron chi connectivity index (χ1n) is 6.01. The van der Waals surface area contributed by atoms with Crippen LogP contribution in [0, 0.1) is 0 Å². The Kier molecular flexibility index (Phi) is 4.90. The van der Waals surface area contributed by atoms with Crippen LogP contribution in [0.25, 0.3) is 0 Å². The zero-order valence-corrected chi connectivity index (χ0v) is 12.5. The highest BCUT2D eigenvalue weighted by molar-refractivity contribution is 7.89. The molecule has 0 bridgehead atoms. The van der Waals surface area contributed by atoms with Crippen LogP contribution in [-0.4, -0.2) is 39.9 Å². The summed E-state index contributed by atoms with van der Waals surface area (Å²) in [5.74, 6) is 0.126. The van der Waals surface area contributed by atoms with E-state index in [0.29, 0.717) is 4.90 Å². The summed E-state index contributed by atoms with van der Waals surface area (Å²) in [4.78, 5) is 0.393. The number of nitrogens with one attached hydrogen (secondary N) is 1. The van der Waals surface area contributed by atoms with Crippen LogP contribution in [0.15, 0.2) is 29.2 Å². The van der Waals surface area contributed by atoms with E-state index < -0.39 is 10.0 Å². The van der Waals surface area contributed by atoms with Gasteiger partial charge >= 0.3 is 0 Å². The lowest BCUT2D eigenvalue weighted by atomic mass is 9.94. The molecule has 1 aromatic carbocycles. The van der Waals surface area contributed by atoms with Crippen molar-refractivity contribution in [1.29, 1.82) is 0 Å². The predicted octanol–water partition coefficient (Wildman–Crippen LogP) is 1.65. The topological polar surface area (TPSA) is 49.4 Å². The SMILES string of the molecule is CNC(C)C(C)c1ccccc1S(=O)(=O)N(C)C. The van der Waals surface area contributed by atoms with Gasteiger partial charge in [0.2, 0.25) is 10.0 Å². The summed E-state index contributed by atoms with van der Waals surface area (Å²) in [6.07, 6.45) is 0. The van der Waals surface area contributed by atoms with Gasteiger partial charge in [0.25, 0.3) is 0 Å². The molecule has 18 heavy (non-hydrogen) atoms. The molecule has 102 valence electrons. The molecule has 2 atom stereocenters. The fourth-order valence-corrected chi connectivity index (χ4v) is 3.00. The van der Waals surface area contributed by atoms with Gasteiger partial charge in [-0.15, -0.1) is 0 Å². The summed E-state index contributed by atoms with van der Waals surface area (Å²) in [5.41, 5.74) is 0.855. The van der Waals surface area contributed by atoms with Crippen molar-refractivity contribution in [2.45, 2.75) is 30.7 Å². The van der Waals surface area contributed by atoms with Crippen LogP contribution in [0.5, 0.6) is 0 Å². The lowest BCUT2D eigenvalue weighted by Crippen LogP contribution is -2.30. The lowest BCUT2D eigenvalue weighted by molar-refractivity contribution is 0.502. The molecule has 0 heterocycles. The Morgan fingerprint density at radius 2 is 1.72 bits per heavy atom. The zero-order valence-electron chi connectivity index (χ0n) is 11.6. The molecule has 0 fully saturated rings. The molecule has 0 aliphatic carbocycles. The highest BCUT2D eigenvalue weighted by atomic mass is 32.2. The maximum absolute atomic E-state index is 12.3. The van der Waals surface area contributed by atoms with Gasteiger partial charge in [0, 0.05) is 20.1 Å². The second kappa shape index (κ2) is 5.82. The third kappa shape index (κ3) is 2.91. The number of benzene rings is 1. The minimum Gasteiger partial charge on any atom is -0.317 e. The van der Waals surface area contributed by atoms with E-state index in [1.807, 2.05) is 33.0 Å². The van der Waals surface area contributed by atoms with Crippen LogP contribution in [0.1, 0.15) is 25.3 Å². The first kappa shape index (κ1) is 15.1. The molecule has 5 heteroatoms. The monoisotopic (exact) mass is 270 g/mol. The number of hydrogen-bond acceptors (Lipinski definition) is 3. The molecule has 0 amide bonds.